The molecule has 0 radical (unpaired) electrons. The minimum atomic E-state index is -3.51. The smallest absolute Gasteiger partial charge is 0.223 e. The molecule has 0 bridgehead atoms. The van der Waals surface area contributed by atoms with Crippen molar-refractivity contribution in [1.82, 2.24) is 9.62 Å². The topological polar surface area (TPSA) is 84.9 Å². The van der Waals surface area contributed by atoms with Gasteiger partial charge in [-0.15, -0.1) is 0 Å². The third-order valence-corrected chi connectivity index (χ3v) is 7.40. The van der Waals surface area contributed by atoms with Gasteiger partial charge >= 0.3 is 0 Å². The van der Waals surface area contributed by atoms with E-state index in [0.717, 1.165) is 0 Å². The van der Waals surface area contributed by atoms with E-state index >= 15 is 0 Å². The summed E-state index contributed by atoms with van der Waals surface area (Å²) < 4.78 is 51.2. The van der Waals surface area contributed by atoms with Crippen LogP contribution in [0.4, 0.5) is 4.39 Å². The first kappa shape index (κ1) is 21.6. The SMILES string of the molecule is O=C(NC[C@@H]1COc2ccccc2O1)C1CCN(S(=O)(=O)Cc2ccc(F)cc2)CC1. The number of carbonyl (C=O) groups excluding carboxylic acids is 1. The fourth-order valence-corrected chi connectivity index (χ4v) is 5.36. The van der Waals surface area contributed by atoms with E-state index in [-0.39, 0.29) is 36.8 Å². The summed E-state index contributed by atoms with van der Waals surface area (Å²) in [5, 5.41) is 2.90. The number of ether oxygens (including phenoxy) is 2. The Balaban J connectivity index is 1.24. The average Bonchev–Trinajstić information content (AvgIpc) is 2.79. The maximum Gasteiger partial charge on any atom is 0.223 e. The number of rotatable bonds is 6. The maximum atomic E-state index is 13.0. The van der Waals surface area contributed by atoms with Gasteiger partial charge in [-0.25, -0.2) is 17.1 Å². The van der Waals surface area contributed by atoms with Crippen LogP contribution in [0.15, 0.2) is 48.5 Å². The lowest BCUT2D eigenvalue weighted by atomic mass is 9.97. The van der Waals surface area contributed by atoms with Crippen molar-refractivity contribution in [1.29, 1.82) is 0 Å². The highest BCUT2D eigenvalue weighted by Gasteiger charge is 2.31. The van der Waals surface area contributed by atoms with Crippen LogP contribution in [0.3, 0.4) is 0 Å². The van der Waals surface area contributed by atoms with Gasteiger partial charge in [-0.2, -0.15) is 0 Å². The quantitative estimate of drug-likeness (QED) is 0.733. The molecule has 0 spiro atoms. The molecule has 2 aromatic carbocycles. The summed E-state index contributed by atoms with van der Waals surface area (Å²) in [5.41, 5.74) is 0.539. The lowest BCUT2D eigenvalue weighted by Gasteiger charge is -2.31. The van der Waals surface area contributed by atoms with Crippen molar-refractivity contribution in [2.75, 3.05) is 26.2 Å². The van der Waals surface area contributed by atoms with Crippen LogP contribution in [0.1, 0.15) is 18.4 Å². The number of nitrogens with one attached hydrogen (secondary N) is 1. The van der Waals surface area contributed by atoms with Gasteiger partial charge in [0, 0.05) is 19.0 Å². The molecule has 0 aliphatic carbocycles. The molecule has 2 heterocycles. The van der Waals surface area contributed by atoms with E-state index in [9.17, 15) is 17.6 Å². The normalized spacial score (nSPS) is 19.7. The van der Waals surface area contributed by atoms with E-state index in [0.29, 0.717) is 43.1 Å². The number of carbonyl (C=O) groups is 1. The van der Waals surface area contributed by atoms with Crippen LogP contribution >= 0.6 is 0 Å². The Hall–Kier alpha value is -2.65. The number of benzene rings is 2. The molecule has 0 aromatic heterocycles. The van der Waals surface area contributed by atoms with Crippen LogP contribution in [-0.4, -0.2) is 51.0 Å². The van der Waals surface area contributed by atoms with E-state index in [1.54, 1.807) is 0 Å². The Bertz CT molecular complexity index is 1020. The summed E-state index contributed by atoms with van der Waals surface area (Å²) in [6.07, 6.45) is 0.647. The molecule has 7 nitrogen and oxygen atoms in total. The maximum absolute atomic E-state index is 13.0. The molecule has 9 heteroatoms. The Labute approximate surface area is 181 Å². The molecule has 2 aromatic rings. The summed E-state index contributed by atoms with van der Waals surface area (Å²) in [6.45, 7) is 1.27. The van der Waals surface area contributed by atoms with Crippen molar-refractivity contribution in [2.45, 2.75) is 24.7 Å². The van der Waals surface area contributed by atoms with Gasteiger partial charge < -0.3 is 14.8 Å². The molecule has 4 rings (SSSR count). The monoisotopic (exact) mass is 448 g/mol. The minimum absolute atomic E-state index is 0.0990. The second-order valence-electron chi connectivity index (χ2n) is 7.80. The van der Waals surface area contributed by atoms with E-state index in [1.165, 1.54) is 28.6 Å². The van der Waals surface area contributed by atoms with E-state index < -0.39 is 15.8 Å². The summed E-state index contributed by atoms with van der Waals surface area (Å²) in [4.78, 5) is 12.6. The fraction of sp³-hybridized carbons (Fsp3) is 0.409. The molecule has 0 unspecified atom stereocenters. The Morgan fingerprint density at radius 2 is 1.74 bits per heavy atom. The van der Waals surface area contributed by atoms with Crippen LogP contribution in [0.5, 0.6) is 11.5 Å². The van der Waals surface area contributed by atoms with Crippen molar-refractivity contribution in [3.05, 3.63) is 59.9 Å². The molecule has 1 N–H and O–H groups in total. The lowest BCUT2D eigenvalue weighted by Crippen LogP contribution is -2.46. The first-order valence-corrected chi connectivity index (χ1v) is 11.9. The van der Waals surface area contributed by atoms with Gasteiger partial charge in [-0.1, -0.05) is 24.3 Å². The largest absolute Gasteiger partial charge is 0.486 e. The number of para-hydroxylation sites is 2. The predicted molar refractivity (Wildman–Crippen MR) is 113 cm³/mol. The zero-order valence-electron chi connectivity index (χ0n) is 17.0. The van der Waals surface area contributed by atoms with Crippen LogP contribution < -0.4 is 14.8 Å². The van der Waals surface area contributed by atoms with Crippen LogP contribution in [0.2, 0.25) is 0 Å². The van der Waals surface area contributed by atoms with Crippen molar-refractivity contribution >= 4 is 15.9 Å². The molecule has 2 aliphatic rings. The molecule has 1 amide bonds. The van der Waals surface area contributed by atoms with Gasteiger partial charge in [-0.3, -0.25) is 4.79 Å². The summed E-state index contributed by atoms with van der Waals surface area (Å²) in [5.74, 6) is 0.436. The summed E-state index contributed by atoms with van der Waals surface area (Å²) in [6, 6.07) is 12.8. The van der Waals surface area contributed by atoms with E-state index in [2.05, 4.69) is 5.32 Å². The number of amides is 1. The zero-order chi connectivity index (χ0) is 21.8. The molecule has 31 heavy (non-hydrogen) atoms. The van der Waals surface area contributed by atoms with Gasteiger partial charge in [0.05, 0.1) is 12.3 Å². The molecule has 0 saturated carbocycles. The van der Waals surface area contributed by atoms with Crippen molar-refractivity contribution in [3.63, 3.8) is 0 Å². The third-order valence-electron chi connectivity index (χ3n) is 5.55. The van der Waals surface area contributed by atoms with Gasteiger partial charge in [0.15, 0.2) is 11.5 Å². The fourth-order valence-electron chi connectivity index (χ4n) is 3.80. The van der Waals surface area contributed by atoms with Crippen molar-refractivity contribution in [2.24, 2.45) is 5.92 Å². The number of nitrogens with zero attached hydrogens (tertiary/aromatic N) is 1. The first-order valence-electron chi connectivity index (χ1n) is 10.3. The minimum Gasteiger partial charge on any atom is -0.486 e. The number of piperidine rings is 1. The van der Waals surface area contributed by atoms with Crippen molar-refractivity contribution in [3.8, 4) is 11.5 Å². The van der Waals surface area contributed by atoms with Crippen LogP contribution in [-0.2, 0) is 20.6 Å². The first-order chi connectivity index (χ1) is 14.9. The van der Waals surface area contributed by atoms with Crippen LogP contribution in [0, 0.1) is 11.7 Å². The molecule has 1 fully saturated rings. The lowest BCUT2D eigenvalue weighted by molar-refractivity contribution is -0.126. The molecule has 2 aliphatic heterocycles. The Morgan fingerprint density at radius 1 is 1.06 bits per heavy atom. The number of halogens is 1. The highest BCUT2D eigenvalue weighted by atomic mass is 32.2. The zero-order valence-corrected chi connectivity index (χ0v) is 17.8. The highest BCUT2D eigenvalue weighted by molar-refractivity contribution is 7.88. The van der Waals surface area contributed by atoms with Gasteiger partial charge in [0.2, 0.25) is 15.9 Å². The van der Waals surface area contributed by atoms with Crippen molar-refractivity contribution < 1.29 is 27.1 Å². The molecule has 1 saturated heterocycles. The second-order valence-corrected chi connectivity index (χ2v) is 9.77. The average molecular weight is 449 g/mol. The number of sulfonamides is 1. The van der Waals surface area contributed by atoms with Crippen LogP contribution in [0.25, 0.3) is 0 Å². The predicted octanol–water partition coefficient (Wildman–Crippen LogP) is 2.32. The number of fused-ring (bicyclic) bond motifs is 1. The highest BCUT2D eigenvalue weighted by Crippen LogP contribution is 2.30. The van der Waals surface area contributed by atoms with E-state index in [4.69, 9.17) is 9.47 Å². The summed E-state index contributed by atoms with van der Waals surface area (Å²) in [7, 11) is -3.51. The molecule has 1 atom stereocenters. The third kappa shape index (κ3) is 5.34. The number of hydrogen-bond acceptors (Lipinski definition) is 5. The Kier molecular flexibility index (Phi) is 6.43. The number of hydrogen-bond donors (Lipinski definition) is 1. The van der Waals surface area contributed by atoms with E-state index in [1.807, 2.05) is 24.3 Å². The molecular weight excluding hydrogens is 423 g/mol. The second kappa shape index (κ2) is 9.23. The molecule has 166 valence electrons. The van der Waals surface area contributed by atoms with Gasteiger partial charge in [0.25, 0.3) is 0 Å². The Morgan fingerprint density at radius 3 is 2.45 bits per heavy atom. The van der Waals surface area contributed by atoms with Gasteiger partial charge in [0.1, 0.15) is 18.5 Å². The van der Waals surface area contributed by atoms with Gasteiger partial charge in [-0.05, 0) is 42.7 Å². The standard InChI is InChI=1S/C22H25FN2O5S/c23-18-7-5-16(6-8-18)15-31(27,28)25-11-9-17(10-12-25)22(26)24-13-19-14-29-20-3-1-2-4-21(20)30-19/h1-8,17,19H,9-15H2,(H,24,26)/t19-/m1/s1. The molecular formula is C22H25FN2O5S. The summed E-state index contributed by atoms with van der Waals surface area (Å²) >= 11 is 0.